The smallest absolute Gasteiger partial charge is 0.231 e. The second-order valence-corrected chi connectivity index (χ2v) is 8.49. The van der Waals surface area contributed by atoms with Gasteiger partial charge in [-0.2, -0.15) is 0 Å². The second kappa shape index (κ2) is 9.55. The Morgan fingerprint density at radius 3 is 2.76 bits per heavy atom. The van der Waals surface area contributed by atoms with E-state index in [1.165, 1.54) is 0 Å². The molecule has 1 atom stereocenters. The van der Waals surface area contributed by atoms with Crippen molar-refractivity contribution in [3.8, 4) is 28.4 Å². The molecule has 1 unspecified atom stereocenters. The highest BCUT2D eigenvalue weighted by Crippen LogP contribution is 2.36. The molecule has 1 N–H and O–H groups in total. The summed E-state index contributed by atoms with van der Waals surface area (Å²) in [5.74, 6) is 2.45. The lowest BCUT2D eigenvalue weighted by molar-refractivity contribution is -0.121. The standard InChI is InChI=1S/C27H28N2O4/c1-31-22-13-11-19(12-14-22)23-8-2-3-9-24(23)28-27(30)21-7-5-15-29(17-21)16-20-6-4-10-25-26(20)33-18-32-25/h2-4,6,8-14,21H,5,7,15-18H2,1H3,(H,28,30). The average Bonchev–Trinajstić information content (AvgIpc) is 3.35. The average molecular weight is 445 g/mol. The molecule has 2 aliphatic heterocycles. The Bertz CT molecular complexity index is 1130. The van der Waals surface area contributed by atoms with Crippen LogP contribution in [0.5, 0.6) is 17.2 Å². The topological polar surface area (TPSA) is 60.0 Å². The molecule has 3 aromatic rings. The number of likely N-dealkylation sites (tertiary alicyclic amines) is 1. The van der Waals surface area contributed by atoms with Crippen molar-refractivity contribution in [2.24, 2.45) is 5.92 Å². The number of nitrogens with zero attached hydrogens (tertiary/aromatic N) is 1. The van der Waals surface area contributed by atoms with Gasteiger partial charge in [0.25, 0.3) is 0 Å². The summed E-state index contributed by atoms with van der Waals surface area (Å²) < 4.78 is 16.4. The molecule has 6 nitrogen and oxygen atoms in total. The molecule has 6 heteroatoms. The largest absolute Gasteiger partial charge is 0.497 e. The van der Waals surface area contributed by atoms with Crippen LogP contribution in [0.2, 0.25) is 0 Å². The number of hydrogen-bond acceptors (Lipinski definition) is 5. The Balaban J connectivity index is 1.27. The summed E-state index contributed by atoms with van der Waals surface area (Å²) >= 11 is 0. The van der Waals surface area contributed by atoms with Gasteiger partial charge in [0.05, 0.1) is 13.0 Å². The molecule has 5 rings (SSSR count). The summed E-state index contributed by atoms with van der Waals surface area (Å²) in [7, 11) is 1.66. The van der Waals surface area contributed by atoms with Crippen molar-refractivity contribution in [3.63, 3.8) is 0 Å². The number of ether oxygens (including phenoxy) is 3. The quantitative estimate of drug-likeness (QED) is 0.584. The highest BCUT2D eigenvalue weighted by atomic mass is 16.7. The number of carbonyl (C=O) groups excluding carboxylic acids is 1. The van der Waals surface area contributed by atoms with Crippen molar-refractivity contribution in [1.29, 1.82) is 0 Å². The van der Waals surface area contributed by atoms with E-state index >= 15 is 0 Å². The predicted molar refractivity (Wildman–Crippen MR) is 128 cm³/mol. The van der Waals surface area contributed by atoms with Crippen molar-refractivity contribution >= 4 is 11.6 Å². The van der Waals surface area contributed by atoms with E-state index in [2.05, 4.69) is 16.3 Å². The first-order valence-corrected chi connectivity index (χ1v) is 11.4. The van der Waals surface area contributed by atoms with Gasteiger partial charge >= 0.3 is 0 Å². The Morgan fingerprint density at radius 2 is 1.91 bits per heavy atom. The van der Waals surface area contributed by atoms with Gasteiger partial charge in [-0.05, 0) is 49.2 Å². The molecule has 2 heterocycles. The van der Waals surface area contributed by atoms with Gasteiger partial charge in [0.1, 0.15) is 5.75 Å². The molecular formula is C27H28N2O4. The zero-order valence-electron chi connectivity index (χ0n) is 18.8. The van der Waals surface area contributed by atoms with Crippen LogP contribution >= 0.6 is 0 Å². The Labute approximate surface area is 194 Å². The summed E-state index contributed by atoms with van der Waals surface area (Å²) in [4.78, 5) is 15.6. The summed E-state index contributed by atoms with van der Waals surface area (Å²) in [6.07, 6.45) is 1.88. The third-order valence-corrected chi connectivity index (χ3v) is 6.33. The van der Waals surface area contributed by atoms with E-state index in [0.29, 0.717) is 0 Å². The first-order valence-electron chi connectivity index (χ1n) is 11.4. The Morgan fingerprint density at radius 1 is 1.06 bits per heavy atom. The molecule has 170 valence electrons. The SMILES string of the molecule is COc1ccc(-c2ccccc2NC(=O)C2CCCN(Cc3cccc4c3OCO4)C2)cc1. The maximum Gasteiger partial charge on any atom is 0.231 e. The minimum Gasteiger partial charge on any atom is -0.497 e. The summed E-state index contributed by atoms with van der Waals surface area (Å²) in [6.45, 7) is 2.71. The number of anilines is 1. The zero-order valence-corrected chi connectivity index (χ0v) is 18.8. The summed E-state index contributed by atoms with van der Waals surface area (Å²) in [5, 5.41) is 3.19. The highest BCUT2D eigenvalue weighted by Gasteiger charge is 2.28. The van der Waals surface area contributed by atoms with E-state index in [1.807, 2.05) is 60.7 Å². The third kappa shape index (κ3) is 4.66. The maximum absolute atomic E-state index is 13.2. The summed E-state index contributed by atoms with van der Waals surface area (Å²) in [6, 6.07) is 21.8. The number of rotatable bonds is 6. The van der Waals surface area contributed by atoms with Crippen LogP contribution in [0.15, 0.2) is 66.7 Å². The monoisotopic (exact) mass is 444 g/mol. The number of fused-ring (bicyclic) bond motifs is 1. The van der Waals surface area contributed by atoms with Crippen LogP contribution < -0.4 is 19.5 Å². The van der Waals surface area contributed by atoms with Crippen LogP contribution in [0.4, 0.5) is 5.69 Å². The molecule has 1 amide bonds. The third-order valence-electron chi connectivity index (χ3n) is 6.33. The first kappa shape index (κ1) is 21.3. The van der Waals surface area contributed by atoms with E-state index in [1.54, 1.807) is 7.11 Å². The van der Waals surface area contributed by atoms with Crippen LogP contribution in [0.25, 0.3) is 11.1 Å². The number of amides is 1. The van der Waals surface area contributed by atoms with Gasteiger partial charge < -0.3 is 19.5 Å². The minimum absolute atomic E-state index is 0.0587. The fraction of sp³-hybridized carbons (Fsp3) is 0.296. The van der Waals surface area contributed by atoms with E-state index in [4.69, 9.17) is 14.2 Å². The maximum atomic E-state index is 13.2. The van der Waals surface area contributed by atoms with E-state index < -0.39 is 0 Å². The van der Waals surface area contributed by atoms with Gasteiger partial charge in [0, 0.05) is 29.9 Å². The van der Waals surface area contributed by atoms with Crippen molar-refractivity contribution < 1.29 is 19.0 Å². The molecule has 0 saturated carbocycles. The fourth-order valence-electron chi connectivity index (χ4n) is 4.62. The van der Waals surface area contributed by atoms with Gasteiger partial charge in [-0.25, -0.2) is 0 Å². The van der Waals surface area contributed by atoms with Gasteiger partial charge in [-0.15, -0.1) is 0 Å². The predicted octanol–water partition coefficient (Wildman–Crippen LogP) is 4.94. The van der Waals surface area contributed by atoms with Gasteiger partial charge in [-0.1, -0.05) is 42.5 Å². The van der Waals surface area contributed by atoms with E-state index in [9.17, 15) is 4.79 Å². The molecule has 0 bridgehead atoms. The van der Waals surface area contributed by atoms with E-state index in [-0.39, 0.29) is 18.6 Å². The van der Waals surface area contributed by atoms with Crippen LogP contribution in [-0.2, 0) is 11.3 Å². The second-order valence-electron chi connectivity index (χ2n) is 8.49. The van der Waals surface area contributed by atoms with Crippen molar-refractivity contribution in [1.82, 2.24) is 4.90 Å². The molecule has 0 aliphatic carbocycles. The van der Waals surface area contributed by atoms with Crippen LogP contribution in [0.3, 0.4) is 0 Å². The number of nitrogens with one attached hydrogen (secondary N) is 1. The zero-order chi connectivity index (χ0) is 22.6. The molecule has 33 heavy (non-hydrogen) atoms. The number of carbonyl (C=O) groups is 1. The fourth-order valence-corrected chi connectivity index (χ4v) is 4.62. The molecule has 0 aromatic heterocycles. The molecule has 2 aliphatic rings. The molecular weight excluding hydrogens is 416 g/mol. The number of benzene rings is 3. The lowest BCUT2D eigenvalue weighted by Gasteiger charge is -2.32. The summed E-state index contributed by atoms with van der Waals surface area (Å²) in [5.41, 5.74) is 3.97. The number of hydrogen-bond donors (Lipinski definition) is 1. The lowest BCUT2D eigenvalue weighted by atomic mass is 9.96. The van der Waals surface area contributed by atoms with Crippen LogP contribution in [0, 0.1) is 5.92 Å². The highest BCUT2D eigenvalue weighted by molar-refractivity contribution is 5.97. The number of piperidine rings is 1. The molecule has 0 radical (unpaired) electrons. The van der Waals surface area contributed by atoms with Crippen LogP contribution in [-0.4, -0.2) is 37.8 Å². The Kier molecular flexibility index (Phi) is 6.17. The molecule has 3 aromatic carbocycles. The minimum atomic E-state index is -0.0587. The normalized spacial score (nSPS) is 17.5. The lowest BCUT2D eigenvalue weighted by Crippen LogP contribution is -2.40. The van der Waals surface area contributed by atoms with Gasteiger partial charge in [0.15, 0.2) is 11.5 Å². The molecule has 1 saturated heterocycles. The van der Waals surface area contributed by atoms with Crippen molar-refractivity contribution in [2.45, 2.75) is 19.4 Å². The molecule has 1 fully saturated rings. The van der Waals surface area contributed by atoms with Crippen molar-refractivity contribution in [3.05, 3.63) is 72.3 Å². The van der Waals surface area contributed by atoms with Crippen molar-refractivity contribution in [2.75, 3.05) is 32.3 Å². The number of methoxy groups -OCH3 is 1. The first-order chi connectivity index (χ1) is 16.2. The molecule has 0 spiro atoms. The Hall–Kier alpha value is -3.51. The van der Waals surface area contributed by atoms with Gasteiger partial charge in [0.2, 0.25) is 12.7 Å². The van der Waals surface area contributed by atoms with Crippen LogP contribution in [0.1, 0.15) is 18.4 Å². The van der Waals surface area contributed by atoms with E-state index in [0.717, 1.165) is 72.1 Å². The number of para-hydroxylation sites is 2. The van der Waals surface area contributed by atoms with Gasteiger partial charge in [-0.3, -0.25) is 9.69 Å².